The van der Waals surface area contributed by atoms with Crippen LogP contribution >= 0.6 is 0 Å². The number of ether oxygens (including phenoxy) is 2. The molecule has 0 bridgehead atoms. The van der Waals surface area contributed by atoms with Gasteiger partial charge in [0.25, 0.3) is 0 Å². The van der Waals surface area contributed by atoms with Gasteiger partial charge >= 0.3 is 0 Å². The third-order valence-corrected chi connectivity index (χ3v) is 4.35. The molecule has 0 aliphatic rings. The number of carbonyl (C=O) groups is 1. The number of nitrogens with one attached hydrogen (secondary N) is 1. The Hall–Kier alpha value is -2.49. The molecule has 1 N–H and O–H groups in total. The van der Waals surface area contributed by atoms with Crippen LogP contribution in [-0.2, 0) is 17.6 Å². The molecule has 140 valence electrons. The van der Waals surface area contributed by atoms with Gasteiger partial charge in [0.15, 0.2) is 0 Å². The van der Waals surface area contributed by atoms with Gasteiger partial charge in [-0.05, 0) is 36.5 Å². The van der Waals surface area contributed by atoms with Crippen LogP contribution in [0, 0.1) is 5.92 Å². The third kappa shape index (κ3) is 5.51. The van der Waals surface area contributed by atoms with E-state index in [4.69, 9.17) is 9.47 Å². The molecule has 2 aromatic carbocycles. The Kier molecular flexibility index (Phi) is 7.07. The summed E-state index contributed by atoms with van der Waals surface area (Å²) in [5.41, 5.74) is 3.27. The normalized spacial score (nSPS) is 11.9. The predicted molar refractivity (Wildman–Crippen MR) is 105 cm³/mol. The molecule has 1 unspecified atom stereocenters. The summed E-state index contributed by atoms with van der Waals surface area (Å²) < 4.78 is 10.6. The van der Waals surface area contributed by atoms with Crippen molar-refractivity contribution in [2.24, 2.45) is 5.92 Å². The van der Waals surface area contributed by atoms with Crippen molar-refractivity contribution < 1.29 is 14.3 Å². The van der Waals surface area contributed by atoms with E-state index in [1.165, 1.54) is 5.56 Å². The lowest BCUT2D eigenvalue weighted by Gasteiger charge is -2.16. The standard InChI is InChI=1S/C22H29NO3/c1-15(2)12-17-6-8-18(9-7-17)16(3)23-22(24)13-19-10-11-20(25-4)14-21(19)26-5/h6-11,14-16H,12-13H2,1-5H3,(H,23,24). The van der Waals surface area contributed by atoms with Crippen LogP contribution in [0.3, 0.4) is 0 Å². The lowest BCUT2D eigenvalue weighted by molar-refractivity contribution is -0.121. The van der Waals surface area contributed by atoms with Gasteiger partial charge in [-0.1, -0.05) is 44.2 Å². The summed E-state index contributed by atoms with van der Waals surface area (Å²) in [5.74, 6) is 1.97. The van der Waals surface area contributed by atoms with Crippen LogP contribution in [0.4, 0.5) is 0 Å². The molecule has 4 nitrogen and oxygen atoms in total. The minimum Gasteiger partial charge on any atom is -0.497 e. The monoisotopic (exact) mass is 355 g/mol. The molecule has 0 aromatic heterocycles. The molecule has 0 aliphatic heterocycles. The summed E-state index contributed by atoms with van der Waals surface area (Å²) in [6, 6.07) is 13.9. The van der Waals surface area contributed by atoms with Gasteiger partial charge in [-0.2, -0.15) is 0 Å². The zero-order valence-electron chi connectivity index (χ0n) is 16.3. The van der Waals surface area contributed by atoms with E-state index in [1.807, 2.05) is 19.1 Å². The molecule has 0 spiro atoms. The second-order valence-corrected chi connectivity index (χ2v) is 6.98. The molecular weight excluding hydrogens is 326 g/mol. The second kappa shape index (κ2) is 9.27. The SMILES string of the molecule is COc1ccc(CC(=O)NC(C)c2ccc(CC(C)C)cc2)c(OC)c1. The fraction of sp³-hybridized carbons (Fsp3) is 0.409. The van der Waals surface area contributed by atoms with Crippen molar-refractivity contribution in [3.63, 3.8) is 0 Å². The smallest absolute Gasteiger partial charge is 0.225 e. The van der Waals surface area contributed by atoms with E-state index in [9.17, 15) is 4.79 Å². The molecule has 2 aromatic rings. The van der Waals surface area contributed by atoms with E-state index >= 15 is 0 Å². The van der Waals surface area contributed by atoms with E-state index < -0.39 is 0 Å². The Morgan fingerprint density at radius 1 is 1.00 bits per heavy atom. The van der Waals surface area contributed by atoms with Crippen molar-refractivity contribution in [1.82, 2.24) is 5.32 Å². The van der Waals surface area contributed by atoms with Gasteiger partial charge in [-0.15, -0.1) is 0 Å². The van der Waals surface area contributed by atoms with Gasteiger partial charge < -0.3 is 14.8 Å². The van der Waals surface area contributed by atoms with E-state index in [2.05, 4.69) is 43.4 Å². The van der Waals surface area contributed by atoms with Crippen LogP contribution in [0.1, 0.15) is 43.5 Å². The minimum atomic E-state index is -0.0418. The second-order valence-electron chi connectivity index (χ2n) is 6.98. The zero-order valence-corrected chi connectivity index (χ0v) is 16.3. The first kappa shape index (κ1) is 19.8. The zero-order chi connectivity index (χ0) is 19.1. The van der Waals surface area contributed by atoms with E-state index in [1.54, 1.807) is 20.3 Å². The predicted octanol–water partition coefficient (Wildman–Crippen LogP) is 4.32. The van der Waals surface area contributed by atoms with Gasteiger partial charge in [-0.3, -0.25) is 4.79 Å². The molecule has 0 aliphatic carbocycles. The number of amides is 1. The minimum absolute atomic E-state index is 0.0350. The fourth-order valence-electron chi connectivity index (χ4n) is 2.96. The van der Waals surface area contributed by atoms with Crippen LogP contribution in [0.25, 0.3) is 0 Å². The summed E-state index contributed by atoms with van der Waals surface area (Å²) in [6.07, 6.45) is 1.33. The lowest BCUT2D eigenvalue weighted by atomic mass is 10.00. The summed E-state index contributed by atoms with van der Waals surface area (Å²) in [7, 11) is 3.20. The molecule has 1 amide bonds. The highest BCUT2D eigenvalue weighted by atomic mass is 16.5. The highest BCUT2D eigenvalue weighted by Crippen LogP contribution is 2.25. The Morgan fingerprint density at radius 2 is 1.69 bits per heavy atom. The highest BCUT2D eigenvalue weighted by molar-refractivity contribution is 5.79. The van der Waals surface area contributed by atoms with E-state index in [0.29, 0.717) is 17.4 Å². The average molecular weight is 355 g/mol. The van der Waals surface area contributed by atoms with Crippen LogP contribution in [0.2, 0.25) is 0 Å². The molecule has 26 heavy (non-hydrogen) atoms. The maximum atomic E-state index is 12.4. The number of benzene rings is 2. The van der Waals surface area contributed by atoms with Crippen molar-refractivity contribution in [3.8, 4) is 11.5 Å². The first-order valence-electron chi connectivity index (χ1n) is 9.02. The molecule has 2 rings (SSSR count). The van der Waals surface area contributed by atoms with Crippen LogP contribution in [-0.4, -0.2) is 20.1 Å². The number of methoxy groups -OCH3 is 2. The fourth-order valence-corrected chi connectivity index (χ4v) is 2.96. The van der Waals surface area contributed by atoms with Crippen molar-refractivity contribution >= 4 is 5.91 Å². The van der Waals surface area contributed by atoms with Gasteiger partial charge in [0.2, 0.25) is 5.91 Å². The Labute approximate surface area is 156 Å². The summed E-state index contributed by atoms with van der Waals surface area (Å²) in [4.78, 5) is 12.4. The Bertz CT molecular complexity index is 723. The number of carbonyl (C=O) groups excluding carboxylic acids is 1. The summed E-state index contributed by atoms with van der Waals surface area (Å²) in [5, 5.41) is 3.06. The van der Waals surface area contributed by atoms with E-state index in [-0.39, 0.29) is 18.4 Å². The molecule has 4 heteroatoms. The summed E-state index contributed by atoms with van der Waals surface area (Å²) in [6.45, 7) is 6.43. The van der Waals surface area contributed by atoms with Gasteiger partial charge in [-0.25, -0.2) is 0 Å². The van der Waals surface area contributed by atoms with Crippen molar-refractivity contribution in [2.45, 2.75) is 39.7 Å². The third-order valence-electron chi connectivity index (χ3n) is 4.35. The molecule has 0 saturated carbocycles. The van der Waals surface area contributed by atoms with Gasteiger partial charge in [0.05, 0.1) is 26.7 Å². The maximum absolute atomic E-state index is 12.4. The van der Waals surface area contributed by atoms with Crippen molar-refractivity contribution in [2.75, 3.05) is 14.2 Å². The van der Waals surface area contributed by atoms with Gasteiger partial charge in [0.1, 0.15) is 11.5 Å². The molecular formula is C22H29NO3. The van der Waals surface area contributed by atoms with Crippen molar-refractivity contribution in [3.05, 3.63) is 59.2 Å². The number of hydrogen-bond acceptors (Lipinski definition) is 3. The highest BCUT2D eigenvalue weighted by Gasteiger charge is 2.13. The summed E-state index contributed by atoms with van der Waals surface area (Å²) >= 11 is 0. The topological polar surface area (TPSA) is 47.6 Å². The number of rotatable bonds is 8. The first-order valence-corrected chi connectivity index (χ1v) is 9.02. The van der Waals surface area contributed by atoms with Crippen LogP contribution in [0.15, 0.2) is 42.5 Å². The Balaban J connectivity index is 1.99. The largest absolute Gasteiger partial charge is 0.497 e. The van der Waals surface area contributed by atoms with Gasteiger partial charge in [0, 0.05) is 11.6 Å². The van der Waals surface area contributed by atoms with Crippen LogP contribution in [0.5, 0.6) is 11.5 Å². The maximum Gasteiger partial charge on any atom is 0.225 e. The average Bonchev–Trinajstić information content (AvgIpc) is 2.62. The molecule has 0 radical (unpaired) electrons. The van der Waals surface area contributed by atoms with E-state index in [0.717, 1.165) is 17.5 Å². The Morgan fingerprint density at radius 3 is 2.27 bits per heavy atom. The molecule has 0 fully saturated rings. The quantitative estimate of drug-likeness (QED) is 0.767. The molecule has 0 saturated heterocycles. The van der Waals surface area contributed by atoms with Crippen LogP contribution < -0.4 is 14.8 Å². The first-order chi connectivity index (χ1) is 12.4. The van der Waals surface area contributed by atoms with Crippen molar-refractivity contribution in [1.29, 1.82) is 0 Å². The lowest BCUT2D eigenvalue weighted by Crippen LogP contribution is -2.28. The molecule has 0 heterocycles. The molecule has 1 atom stereocenters. The number of hydrogen-bond donors (Lipinski definition) is 1.